The fraction of sp³-hybridized carbons (Fsp3) is 0.235. The van der Waals surface area contributed by atoms with Crippen molar-refractivity contribution in [2.24, 2.45) is 4.99 Å². The molecule has 1 aliphatic heterocycles. The summed E-state index contributed by atoms with van der Waals surface area (Å²) < 4.78 is 14.3. The number of hydrogen-bond acceptors (Lipinski definition) is 3. The number of amidine groups is 1. The Morgan fingerprint density at radius 3 is 2.52 bits per heavy atom. The van der Waals surface area contributed by atoms with Gasteiger partial charge in [0, 0.05) is 36.7 Å². The summed E-state index contributed by atoms with van der Waals surface area (Å²) >= 11 is 6.20. The van der Waals surface area contributed by atoms with Crippen LogP contribution in [0.1, 0.15) is 22.7 Å². The standard InChI is InChI=1S/C17H16ClFN2O.BrH/c1-21(2)14-9-10-5-3-8-13(22)15(10)17(20-14)16-11(18)6-4-7-12(16)19;/h3-8,17,22H,9H2,1-2H3;1H. The minimum Gasteiger partial charge on any atom is -0.508 e. The van der Waals surface area contributed by atoms with Gasteiger partial charge >= 0.3 is 0 Å². The molecule has 0 bridgehead atoms. The molecule has 0 fully saturated rings. The Bertz CT molecular complexity index is 744. The Labute approximate surface area is 150 Å². The quantitative estimate of drug-likeness (QED) is 0.773. The second kappa shape index (κ2) is 6.89. The van der Waals surface area contributed by atoms with Crippen LogP contribution >= 0.6 is 28.6 Å². The summed E-state index contributed by atoms with van der Waals surface area (Å²) in [4.78, 5) is 6.53. The second-order valence-electron chi connectivity index (χ2n) is 5.50. The van der Waals surface area contributed by atoms with E-state index >= 15 is 0 Å². The van der Waals surface area contributed by atoms with E-state index in [-0.39, 0.29) is 22.7 Å². The van der Waals surface area contributed by atoms with Crippen LogP contribution in [0.25, 0.3) is 0 Å². The highest BCUT2D eigenvalue weighted by atomic mass is 79.9. The number of likely N-dealkylation sites (N-methyl/N-ethyl adjacent to an activating group) is 1. The van der Waals surface area contributed by atoms with E-state index in [4.69, 9.17) is 11.6 Å². The highest BCUT2D eigenvalue weighted by molar-refractivity contribution is 8.93. The normalized spacial score (nSPS) is 16.2. The SMILES string of the molecule is Br.CN(C)C1=NC(c2c(F)cccc2Cl)c2c(O)cccc2C1. The molecule has 0 amide bonds. The van der Waals surface area contributed by atoms with Crippen LogP contribution in [-0.2, 0) is 6.42 Å². The first-order valence-electron chi connectivity index (χ1n) is 6.97. The maximum absolute atomic E-state index is 14.3. The number of hydrogen-bond donors (Lipinski definition) is 1. The Hall–Kier alpha value is -1.59. The van der Waals surface area contributed by atoms with Gasteiger partial charge in [0.15, 0.2) is 0 Å². The zero-order valence-corrected chi connectivity index (χ0v) is 15.2. The van der Waals surface area contributed by atoms with E-state index in [0.29, 0.717) is 22.6 Å². The zero-order chi connectivity index (χ0) is 15.9. The molecule has 0 radical (unpaired) electrons. The van der Waals surface area contributed by atoms with Gasteiger partial charge in [0.05, 0.1) is 0 Å². The third-order valence-corrected chi connectivity index (χ3v) is 4.19. The van der Waals surface area contributed by atoms with Crippen LogP contribution in [0.5, 0.6) is 5.75 Å². The molecule has 1 atom stereocenters. The third-order valence-electron chi connectivity index (χ3n) is 3.86. The van der Waals surface area contributed by atoms with Crippen LogP contribution < -0.4 is 0 Å². The average molecular weight is 400 g/mol. The minimum atomic E-state index is -0.643. The van der Waals surface area contributed by atoms with Gasteiger partial charge < -0.3 is 10.0 Å². The Morgan fingerprint density at radius 2 is 1.87 bits per heavy atom. The molecular formula is C17H17BrClFN2O. The summed E-state index contributed by atoms with van der Waals surface area (Å²) in [6.45, 7) is 0. The van der Waals surface area contributed by atoms with Gasteiger partial charge in [-0.1, -0.05) is 29.8 Å². The highest BCUT2D eigenvalue weighted by Gasteiger charge is 2.30. The van der Waals surface area contributed by atoms with Crippen LogP contribution in [-0.4, -0.2) is 29.9 Å². The second-order valence-corrected chi connectivity index (χ2v) is 5.91. The monoisotopic (exact) mass is 398 g/mol. The van der Waals surface area contributed by atoms with Gasteiger partial charge in [0.25, 0.3) is 0 Å². The molecule has 0 saturated heterocycles. The molecule has 0 aliphatic carbocycles. The van der Waals surface area contributed by atoms with Crippen LogP contribution in [0.15, 0.2) is 41.4 Å². The molecule has 23 heavy (non-hydrogen) atoms. The van der Waals surface area contributed by atoms with E-state index in [1.807, 2.05) is 25.1 Å². The van der Waals surface area contributed by atoms with Crippen molar-refractivity contribution in [3.63, 3.8) is 0 Å². The summed E-state index contributed by atoms with van der Waals surface area (Å²) in [7, 11) is 3.79. The molecule has 1 heterocycles. The van der Waals surface area contributed by atoms with Crippen molar-refractivity contribution in [3.05, 3.63) is 63.9 Å². The van der Waals surface area contributed by atoms with Gasteiger partial charge in [0.1, 0.15) is 23.4 Å². The molecule has 1 unspecified atom stereocenters. The molecule has 3 nitrogen and oxygen atoms in total. The van der Waals surface area contributed by atoms with E-state index in [1.165, 1.54) is 6.07 Å². The van der Waals surface area contributed by atoms with E-state index in [9.17, 15) is 9.50 Å². The predicted molar refractivity (Wildman–Crippen MR) is 96.5 cm³/mol. The minimum absolute atomic E-state index is 0. The van der Waals surface area contributed by atoms with E-state index in [1.54, 1.807) is 24.3 Å². The molecule has 0 spiro atoms. The average Bonchev–Trinajstić information content (AvgIpc) is 2.46. The topological polar surface area (TPSA) is 35.8 Å². The van der Waals surface area contributed by atoms with E-state index < -0.39 is 11.9 Å². The zero-order valence-electron chi connectivity index (χ0n) is 12.8. The van der Waals surface area contributed by atoms with Crippen molar-refractivity contribution in [3.8, 4) is 5.75 Å². The van der Waals surface area contributed by atoms with Gasteiger partial charge in [-0.2, -0.15) is 0 Å². The lowest BCUT2D eigenvalue weighted by Gasteiger charge is -2.28. The van der Waals surface area contributed by atoms with Gasteiger partial charge in [-0.05, 0) is 23.8 Å². The molecule has 2 aromatic rings. The molecule has 3 rings (SSSR count). The van der Waals surface area contributed by atoms with E-state index in [2.05, 4.69) is 4.99 Å². The molecule has 6 heteroatoms. The fourth-order valence-corrected chi connectivity index (χ4v) is 3.02. The summed E-state index contributed by atoms with van der Waals surface area (Å²) in [5.41, 5.74) is 1.86. The number of aliphatic imine (C=N–C) groups is 1. The van der Waals surface area contributed by atoms with Gasteiger partial charge in [0.2, 0.25) is 0 Å². The van der Waals surface area contributed by atoms with Crippen molar-refractivity contribution < 1.29 is 9.50 Å². The number of halogens is 3. The van der Waals surface area contributed by atoms with Crippen LogP contribution in [0.4, 0.5) is 4.39 Å². The smallest absolute Gasteiger partial charge is 0.130 e. The number of benzene rings is 2. The van der Waals surface area contributed by atoms with Crippen molar-refractivity contribution >= 4 is 34.4 Å². The summed E-state index contributed by atoms with van der Waals surface area (Å²) in [6, 6.07) is 9.22. The van der Waals surface area contributed by atoms with Gasteiger partial charge in [-0.3, -0.25) is 4.99 Å². The lowest BCUT2D eigenvalue weighted by molar-refractivity contribution is 0.460. The van der Waals surface area contributed by atoms with Gasteiger partial charge in [-0.15, -0.1) is 17.0 Å². The molecular weight excluding hydrogens is 383 g/mol. The maximum atomic E-state index is 14.3. The molecule has 2 aromatic carbocycles. The maximum Gasteiger partial charge on any atom is 0.130 e. The van der Waals surface area contributed by atoms with Crippen molar-refractivity contribution in [2.75, 3.05) is 14.1 Å². The molecule has 0 saturated carbocycles. The van der Waals surface area contributed by atoms with Crippen molar-refractivity contribution in [1.29, 1.82) is 0 Å². The molecule has 122 valence electrons. The number of rotatable bonds is 1. The summed E-state index contributed by atoms with van der Waals surface area (Å²) in [5, 5.41) is 10.6. The number of aromatic hydroxyl groups is 1. The Morgan fingerprint density at radius 1 is 1.17 bits per heavy atom. The number of fused-ring (bicyclic) bond motifs is 1. The van der Waals surface area contributed by atoms with Crippen molar-refractivity contribution in [1.82, 2.24) is 4.90 Å². The summed E-state index contributed by atoms with van der Waals surface area (Å²) in [5.74, 6) is 0.515. The highest BCUT2D eigenvalue weighted by Crippen LogP contribution is 2.41. The fourth-order valence-electron chi connectivity index (χ4n) is 2.75. The lowest BCUT2D eigenvalue weighted by Crippen LogP contribution is -2.29. The first-order valence-corrected chi connectivity index (χ1v) is 7.35. The lowest BCUT2D eigenvalue weighted by atomic mass is 9.89. The van der Waals surface area contributed by atoms with Crippen molar-refractivity contribution in [2.45, 2.75) is 12.5 Å². The third kappa shape index (κ3) is 3.21. The Balaban J connectivity index is 0.00000192. The largest absolute Gasteiger partial charge is 0.508 e. The van der Waals surface area contributed by atoms with Crippen LogP contribution in [0.3, 0.4) is 0 Å². The van der Waals surface area contributed by atoms with Gasteiger partial charge in [-0.25, -0.2) is 4.39 Å². The van der Waals surface area contributed by atoms with Crippen LogP contribution in [0.2, 0.25) is 5.02 Å². The first-order chi connectivity index (χ1) is 10.5. The molecule has 0 aromatic heterocycles. The first kappa shape index (κ1) is 17.8. The summed E-state index contributed by atoms with van der Waals surface area (Å²) in [6.07, 6.45) is 0.597. The number of nitrogens with zero attached hydrogens (tertiary/aromatic N) is 2. The van der Waals surface area contributed by atoms with Crippen LogP contribution in [0, 0.1) is 5.82 Å². The predicted octanol–water partition coefficient (Wildman–Crippen LogP) is 4.37. The molecule has 1 aliphatic rings. The molecule has 1 N–H and O–H groups in total. The van der Waals surface area contributed by atoms with E-state index in [0.717, 1.165) is 11.4 Å². The number of phenolic OH excluding ortho intramolecular Hbond substituents is 1. The number of phenols is 1. The Kier molecular flexibility index (Phi) is 5.32.